The van der Waals surface area contributed by atoms with Crippen molar-refractivity contribution in [2.45, 2.75) is 6.42 Å². The molecule has 0 fully saturated rings. The first kappa shape index (κ1) is 17.7. The van der Waals surface area contributed by atoms with Crippen LogP contribution in [-0.4, -0.2) is 18.4 Å². The Labute approximate surface area is 161 Å². The second-order valence-electron chi connectivity index (χ2n) is 6.42. The van der Waals surface area contributed by atoms with Gasteiger partial charge in [-0.15, -0.1) is 0 Å². The van der Waals surface area contributed by atoms with Crippen LogP contribution in [-0.2, 0) is 6.42 Å². The number of halogens is 1. The molecule has 0 unspecified atom stereocenters. The highest BCUT2D eigenvalue weighted by atomic mass is 19.1. The third-order valence-electron chi connectivity index (χ3n) is 4.42. The van der Waals surface area contributed by atoms with Crippen LogP contribution in [0.15, 0.2) is 66.7 Å². The Morgan fingerprint density at radius 1 is 0.821 bits per heavy atom. The van der Waals surface area contributed by atoms with Gasteiger partial charge in [0.25, 0.3) is 11.8 Å². The molecule has 2 N–H and O–H groups in total. The van der Waals surface area contributed by atoms with E-state index in [1.54, 1.807) is 42.5 Å². The summed E-state index contributed by atoms with van der Waals surface area (Å²) in [6.45, 7) is 0.628. The topological polar surface area (TPSA) is 67.4 Å². The lowest BCUT2D eigenvalue weighted by atomic mass is 10.1. The lowest BCUT2D eigenvalue weighted by molar-refractivity contribution is 0.101. The normalized spacial score (nSPS) is 12.0. The standard InChI is InChI=1S/C22H17FN2O3/c23-17-4-2-6-19(13-17)25-21(26)15-3-1-5-18(12-15)24-22(27)16-7-8-20-14(11-16)9-10-28-20/h1-8,11-13H,9-10H2,(H,24,27)(H,25,26). The quantitative estimate of drug-likeness (QED) is 0.715. The first-order valence-electron chi connectivity index (χ1n) is 8.82. The van der Waals surface area contributed by atoms with Crippen molar-refractivity contribution in [3.05, 3.63) is 89.2 Å². The first-order valence-corrected chi connectivity index (χ1v) is 8.82. The second kappa shape index (κ2) is 7.52. The maximum atomic E-state index is 13.3. The number of amides is 2. The molecule has 2 amide bonds. The summed E-state index contributed by atoms with van der Waals surface area (Å²) in [4.78, 5) is 24.9. The number of fused-ring (bicyclic) bond motifs is 1. The van der Waals surface area contributed by atoms with Gasteiger partial charge in [-0.2, -0.15) is 0 Å². The van der Waals surface area contributed by atoms with Crippen LogP contribution in [0, 0.1) is 5.82 Å². The zero-order valence-electron chi connectivity index (χ0n) is 14.9. The van der Waals surface area contributed by atoms with E-state index in [4.69, 9.17) is 4.74 Å². The van der Waals surface area contributed by atoms with Gasteiger partial charge in [-0.05, 0) is 60.2 Å². The number of hydrogen-bond donors (Lipinski definition) is 2. The number of carbonyl (C=O) groups excluding carboxylic acids is 2. The Morgan fingerprint density at radius 2 is 1.50 bits per heavy atom. The molecule has 0 aliphatic carbocycles. The van der Waals surface area contributed by atoms with Crippen molar-refractivity contribution in [1.29, 1.82) is 0 Å². The smallest absolute Gasteiger partial charge is 0.255 e. The van der Waals surface area contributed by atoms with Crippen molar-refractivity contribution >= 4 is 23.2 Å². The van der Waals surface area contributed by atoms with Crippen LogP contribution >= 0.6 is 0 Å². The minimum atomic E-state index is -0.432. The number of nitrogens with one attached hydrogen (secondary N) is 2. The maximum absolute atomic E-state index is 13.3. The molecule has 1 aliphatic heterocycles. The highest BCUT2D eigenvalue weighted by Gasteiger charge is 2.15. The monoisotopic (exact) mass is 376 g/mol. The van der Waals surface area contributed by atoms with Gasteiger partial charge in [0, 0.05) is 28.9 Å². The second-order valence-corrected chi connectivity index (χ2v) is 6.42. The van der Waals surface area contributed by atoms with E-state index in [1.165, 1.54) is 18.2 Å². The number of anilines is 2. The van der Waals surface area contributed by atoms with E-state index >= 15 is 0 Å². The molecule has 140 valence electrons. The molecule has 6 heteroatoms. The minimum Gasteiger partial charge on any atom is -0.493 e. The Kier molecular flexibility index (Phi) is 4.76. The van der Waals surface area contributed by atoms with Crippen LogP contribution in [0.5, 0.6) is 5.75 Å². The summed E-state index contributed by atoms with van der Waals surface area (Å²) >= 11 is 0. The molecule has 0 spiro atoms. The number of rotatable bonds is 4. The summed E-state index contributed by atoms with van der Waals surface area (Å²) in [5, 5.41) is 5.43. The summed E-state index contributed by atoms with van der Waals surface area (Å²) in [6.07, 6.45) is 0.784. The number of hydrogen-bond acceptors (Lipinski definition) is 3. The Morgan fingerprint density at radius 3 is 2.25 bits per heavy atom. The summed E-state index contributed by atoms with van der Waals surface area (Å²) in [5.74, 6) is -0.278. The van der Waals surface area contributed by atoms with Gasteiger partial charge in [0.2, 0.25) is 0 Å². The van der Waals surface area contributed by atoms with E-state index in [0.717, 1.165) is 17.7 Å². The van der Waals surface area contributed by atoms with Gasteiger partial charge in [-0.3, -0.25) is 9.59 Å². The molecule has 0 saturated heterocycles. The summed E-state index contributed by atoms with van der Waals surface area (Å²) in [5.41, 5.74) is 2.74. The molecule has 4 rings (SSSR count). The largest absolute Gasteiger partial charge is 0.493 e. The predicted molar refractivity (Wildman–Crippen MR) is 104 cm³/mol. The Bertz CT molecular complexity index is 1070. The van der Waals surface area contributed by atoms with Crippen molar-refractivity contribution in [2.75, 3.05) is 17.2 Å². The third-order valence-corrected chi connectivity index (χ3v) is 4.42. The van der Waals surface area contributed by atoms with Crippen molar-refractivity contribution < 1.29 is 18.7 Å². The van der Waals surface area contributed by atoms with Gasteiger partial charge in [0.15, 0.2) is 0 Å². The molecule has 0 atom stereocenters. The highest BCUT2D eigenvalue weighted by Crippen LogP contribution is 2.26. The third kappa shape index (κ3) is 3.86. The predicted octanol–water partition coefficient (Wildman–Crippen LogP) is 4.27. The Hall–Kier alpha value is -3.67. The zero-order chi connectivity index (χ0) is 19.5. The fourth-order valence-corrected chi connectivity index (χ4v) is 3.04. The lowest BCUT2D eigenvalue weighted by Gasteiger charge is -2.09. The van der Waals surface area contributed by atoms with Gasteiger partial charge in [0.05, 0.1) is 6.61 Å². The van der Waals surface area contributed by atoms with Crippen LogP contribution < -0.4 is 15.4 Å². The van der Waals surface area contributed by atoms with Gasteiger partial charge in [-0.1, -0.05) is 12.1 Å². The summed E-state index contributed by atoms with van der Waals surface area (Å²) in [7, 11) is 0. The lowest BCUT2D eigenvalue weighted by Crippen LogP contribution is -2.15. The molecule has 0 bridgehead atoms. The van der Waals surface area contributed by atoms with Gasteiger partial charge >= 0.3 is 0 Å². The van der Waals surface area contributed by atoms with E-state index in [9.17, 15) is 14.0 Å². The zero-order valence-corrected chi connectivity index (χ0v) is 14.9. The van der Waals surface area contributed by atoms with E-state index in [2.05, 4.69) is 10.6 Å². The SMILES string of the molecule is O=C(Nc1cccc(F)c1)c1cccc(NC(=O)c2ccc3c(c2)CCO3)c1. The molecule has 1 heterocycles. The molecule has 3 aromatic rings. The van der Waals surface area contributed by atoms with E-state index in [-0.39, 0.29) is 5.91 Å². The summed E-state index contributed by atoms with van der Waals surface area (Å²) < 4.78 is 18.7. The molecule has 0 saturated carbocycles. The van der Waals surface area contributed by atoms with Crippen LogP contribution in [0.2, 0.25) is 0 Å². The van der Waals surface area contributed by atoms with Crippen LogP contribution in [0.4, 0.5) is 15.8 Å². The average molecular weight is 376 g/mol. The molecule has 0 radical (unpaired) electrons. The van der Waals surface area contributed by atoms with Crippen molar-refractivity contribution in [3.8, 4) is 5.75 Å². The fraction of sp³-hybridized carbons (Fsp3) is 0.0909. The van der Waals surface area contributed by atoms with Crippen molar-refractivity contribution in [2.24, 2.45) is 0 Å². The maximum Gasteiger partial charge on any atom is 0.255 e. The molecular formula is C22H17FN2O3. The fourth-order valence-electron chi connectivity index (χ4n) is 3.04. The van der Waals surface area contributed by atoms with Crippen LogP contribution in [0.3, 0.4) is 0 Å². The van der Waals surface area contributed by atoms with Gasteiger partial charge < -0.3 is 15.4 Å². The van der Waals surface area contributed by atoms with Gasteiger partial charge in [0.1, 0.15) is 11.6 Å². The average Bonchev–Trinajstić information content (AvgIpc) is 3.16. The minimum absolute atomic E-state index is 0.266. The number of ether oxygens (including phenoxy) is 1. The van der Waals surface area contributed by atoms with Crippen LogP contribution in [0.1, 0.15) is 26.3 Å². The molecule has 3 aromatic carbocycles. The molecular weight excluding hydrogens is 359 g/mol. The highest BCUT2D eigenvalue weighted by molar-refractivity contribution is 6.07. The molecule has 5 nitrogen and oxygen atoms in total. The van der Waals surface area contributed by atoms with Crippen LogP contribution in [0.25, 0.3) is 0 Å². The molecule has 28 heavy (non-hydrogen) atoms. The first-order chi connectivity index (χ1) is 13.6. The summed E-state index contributed by atoms with van der Waals surface area (Å²) in [6, 6.07) is 17.5. The van der Waals surface area contributed by atoms with Gasteiger partial charge in [-0.25, -0.2) is 4.39 Å². The van der Waals surface area contributed by atoms with Crippen molar-refractivity contribution in [3.63, 3.8) is 0 Å². The van der Waals surface area contributed by atoms with E-state index < -0.39 is 11.7 Å². The van der Waals surface area contributed by atoms with Crippen molar-refractivity contribution in [1.82, 2.24) is 0 Å². The molecule has 0 aromatic heterocycles. The Balaban J connectivity index is 1.47. The molecule has 1 aliphatic rings. The number of carbonyl (C=O) groups is 2. The number of benzene rings is 3. The van der Waals surface area contributed by atoms with E-state index in [0.29, 0.717) is 29.1 Å². The van der Waals surface area contributed by atoms with E-state index in [1.807, 2.05) is 6.07 Å².